The number of aryl methyl sites for hydroxylation is 1. The molecule has 0 amide bonds. The Morgan fingerprint density at radius 3 is 2.78 bits per heavy atom. The zero-order chi connectivity index (χ0) is 13.2. The normalized spacial score (nSPS) is 11.7. The summed E-state index contributed by atoms with van der Waals surface area (Å²) in [5.41, 5.74) is 0.571. The quantitative estimate of drug-likeness (QED) is 0.622. The smallest absolute Gasteiger partial charge is 0.220 e. The van der Waals surface area contributed by atoms with Gasteiger partial charge in [-0.25, -0.2) is 12.9 Å². The van der Waals surface area contributed by atoms with Crippen molar-refractivity contribution in [1.29, 1.82) is 0 Å². The van der Waals surface area contributed by atoms with E-state index in [-0.39, 0.29) is 4.90 Å². The lowest BCUT2D eigenvalue weighted by Crippen LogP contribution is -2.29. The van der Waals surface area contributed by atoms with E-state index >= 15 is 0 Å². The highest BCUT2D eigenvalue weighted by Crippen LogP contribution is 2.21. The van der Waals surface area contributed by atoms with E-state index in [1.54, 1.807) is 23.1 Å². The van der Waals surface area contributed by atoms with E-state index in [1.165, 1.54) is 18.2 Å². The molecule has 0 atom stereocenters. The molecule has 1 aromatic heterocycles. The summed E-state index contributed by atoms with van der Waals surface area (Å²) in [6.07, 6.45) is 2.71. The molecule has 0 spiro atoms. The Morgan fingerprint density at radius 2 is 2.11 bits per heavy atom. The summed E-state index contributed by atoms with van der Waals surface area (Å²) in [7, 11) is -4.44. The van der Waals surface area contributed by atoms with Crippen LogP contribution in [-0.2, 0) is 16.7 Å². The second kappa shape index (κ2) is 4.91. The predicted octanol–water partition coefficient (Wildman–Crippen LogP) is 1.55. The van der Waals surface area contributed by atoms with Crippen LogP contribution in [0.2, 0.25) is 0 Å². The summed E-state index contributed by atoms with van der Waals surface area (Å²) in [6, 6.07) is 7.55. The van der Waals surface area contributed by atoms with Crippen molar-refractivity contribution in [2.24, 2.45) is 0 Å². The Hall–Kier alpha value is -1.66. The van der Waals surface area contributed by atoms with E-state index in [2.05, 4.69) is 0 Å². The number of aromatic nitrogens is 1. The van der Waals surface area contributed by atoms with Gasteiger partial charge in [0.1, 0.15) is 10.1 Å². The van der Waals surface area contributed by atoms with Crippen LogP contribution < -0.4 is 4.74 Å². The summed E-state index contributed by atoms with van der Waals surface area (Å²) in [5, 5.41) is 0. The summed E-state index contributed by atoms with van der Waals surface area (Å²) in [6.45, 7) is 2.78. The number of hydrogen-bond donors (Lipinski definition) is 0. The first kappa shape index (κ1) is 12.8. The molecule has 0 bridgehead atoms. The van der Waals surface area contributed by atoms with Gasteiger partial charge in [0.05, 0.1) is 11.0 Å². The third-order valence-electron chi connectivity index (χ3n) is 2.46. The van der Waals surface area contributed by atoms with Crippen molar-refractivity contribution in [2.75, 3.05) is 0 Å². The first-order chi connectivity index (χ1) is 8.50. The van der Waals surface area contributed by atoms with Gasteiger partial charge in [0.15, 0.2) is 6.54 Å². The van der Waals surface area contributed by atoms with E-state index in [4.69, 9.17) is 4.52 Å². The number of rotatable bonds is 4. The van der Waals surface area contributed by atoms with Crippen LogP contribution in [0.25, 0.3) is 11.3 Å². The molecule has 0 fully saturated rings. The van der Waals surface area contributed by atoms with Crippen LogP contribution in [0.3, 0.4) is 0 Å². The molecule has 2 rings (SSSR count). The molecule has 0 aliphatic rings. The molecule has 0 saturated carbocycles. The van der Waals surface area contributed by atoms with Gasteiger partial charge in [-0.15, -0.1) is 0 Å². The van der Waals surface area contributed by atoms with Gasteiger partial charge < -0.3 is 4.55 Å². The van der Waals surface area contributed by atoms with Gasteiger partial charge in [-0.2, -0.15) is 0 Å². The molecule has 1 heterocycles. The van der Waals surface area contributed by atoms with Crippen molar-refractivity contribution in [3.63, 3.8) is 0 Å². The first-order valence-electron chi connectivity index (χ1n) is 5.57. The molecular formula is C12H13NO4S. The minimum Gasteiger partial charge on any atom is -0.744 e. The van der Waals surface area contributed by atoms with Crippen LogP contribution in [-0.4, -0.2) is 13.0 Å². The van der Waals surface area contributed by atoms with Gasteiger partial charge in [-0.05, 0) is 16.9 Å². The average Bonchev–Trinajstić information content (AvgIpc) is 2.77. The maximum absolute atomic E-state index is 10.9. The van der Waals surface area contributed by atoms with Crippen LogP contribution >= 0.6 is 0 Å². The van der Waals surface area contributed by atoms with Gasteiger partial charge in [0, 0.05) is 12.0 Å². The fourth-order valence-corrected chi connectivity index (χ4v) is 2.15. The Morgan fingerprint density at radius 1 is 1.33 bits per heavy atom. The lowest BCUT2D eigenvalue weighted by atomic mass is 10.2. The van der Waals surface area contributed by atoms with Crippen LogP contribution in [0.1, 0.15) is 13.3 Å². The summed E-state index contributed by atoms with van der Waals surface area (Å²) < 4.78 is 40.0. The average molecular weight is 267 g/mol. The standard InChI is InChI=1S/C12H13NO4S/c1-2-7-13-8-6-12(17-13)10-4-3-5-11(9-10)18(14,15)16/h3-6,8-9H,2,7H2,1H3. The molecule has 0 aliphatic heterocycles. The van der Waals surface area contributed by atoms with Gasteiger partial charge in [0.2, 0.25) is 12.0 Å². The Balaban J connectivity index is 2.38. The lowest BCUT2D eigenvalue weighted by Gasteiger charge is -2.06. The van der Waals surface area contributed by atoms with Gasteiger partial charge in [-0.1, -0.05) is 19.1 Å². The molecule has 6 heteroatoms. The van der Waals surface area contributed by atoms with Gasteiger partial charge in [-0.3, -0.25) is 0 Å². The first-order valence-corrected chi connectivity index (χ1v) is 6.97. The van der Waals surface area contributed by atoms with Crippen molar-refractivity contribution in [3.8, 4) is 11.3 Å². The number of hydrogen-bond acceptors (Lipinski definition) is 4. The summed E-state index contributed by atoms with van der Waals surface area (Å²) >= 11 is 0. The zero-order valence-corrected chi connectivity index (χ0v) is 10.7. The summed E-state index contributed by atoms with van der Waals surface area (Å²) in [5.74, 6) is 0.536. The highest BCUT2D eigenvalue weighted by Gasteiger charge is 2.11. The molecule has 1 aromatic carbocycles. The minimum atomic E-state index is -4.44. The SMILES string of the molecule is CCC[n+]1ccc(-c2cccc(S(=O)(=O)[O-])c2)o1. The van der Waals surface area contributed by atoms with Crippen molar-refractivity contribution in [1.82, 2.24) is 0 Å². The Labute approximate surface area is 105 Å². The molecular weight excluding hydrogens is 254 g/mol. The monoisotopic (exact) mass is 267 g/mol. The van der Waals surface area contributed by atoms with Crippen LogP contribution in [0.5, 0.6) is 0 Å². The zero-order valence-electron chi connectivity index (χ0n) is 9.87. The molecule has 96 valence electrons. The Bertz CT molecular complexity index is 646. The second-order valence-electron chi connectivity index (χ2n) is 3.89. The molecule has 2 aromatic rings. The number of benzene rings is 1. The highest BCUT2D eigenvalue weighted by atomic mass is 32.2. The molecule has 5 nitrogen and oxygen atoms in total. The van der Waals surface area contributed by atoms with E-state index in [9.17, 15) is 13.0 Å². The Kier molecular flexibility index (Phi) is 3.49. The third kappa shape index (κ3) is 2.77. The topological polar surface area (TPSA) is 74.2 Å². The fraction of sp³-hybridized carbons (Fsp3) is 0.250. The highest BCUT2D eigenvalue weighted by molar-refractivity contribution is 7.85. The van der Waals surface area contributed by atoms with E-state index in [0.29, 0.717) is 11.3 Å². The van der Waals surface area contributed by atoms with E-state index < -0.39 is 10.1 Å². The fourth-order valence-electron chi connectivity index (χ4n) is 1.63. The lowest BCUT2D eigenvalue weighted by molar-refractivity contribution is -0.862. The molecule has 0 unspecified atom stereocenters. The third-order valence-corrected chi connectivity index (χ3v) is 3.29. The summed E-state index contributed by atoms with van der Waals surface area (Å²) in [4.78, 5) is -0.251. The van der Waals surface area contributed by atoms with Crippen LogP contribution in [0.15, 0.2) is 45.9 Å². The molecule has 0 aliphatic carbocycles. The van der Waals surface area contributed by atoms with Crippen molar-refractivity contribution in [3.05, 3.63) is 36.5 Å². The maximum atomic E-state index is 10.9. The van der Waals surface area contributed by atoms with Gasteiger partial charge >= 0.3 is 0 Å². The van der Waals surface area contributed by atoms with E-state index in [0.717, 1.165) is 13.0 Å². The van der Waals surface area contributed by atoms with Crippen molar-refractivity contribution < 1.29 is 22.2 Å². The number of nitrogens with zero attached hydrogens (tertiary/aromatic N) is 1. The largest absolute Gasteiger partial charge is 0.744 e. The maximum Gasteiger partial charge on any atom is 0.220 e. The molecule has 18 heavy (non-hydrogen) atoms. The van der Waals surface area contributed by atoms with Crippen LogP contribution in [0.4, 0.5) is 0 Å². The predicted molar refractivity (Wildman–Crippen MR) is 62.6 cm³/mol. The van der Waals surface area contributed by atoms with E-state index in [1.807, 2.05) is 6.92 Å². The second-order valence-corrected chi connectivity index (χ2v) is 5.27. The molecule has 0 N–H and O–H groups in total. The van der Waals surface area contributed by atoms with Crippen molar-refractivity contribution in [2.45, 2.75) is 24.8 Å². The van der Waals surface area contributed by atoms with Crippen LogP contribution in [0, 0.1) is 0 Å². The molecule has 0 saturated heterocycles. The minimum absolute atomic E-state index is 0.251. The molecule has 0 radical (unpaired) electrons. The van der Waals surface area contributed by atoms with Gasteiger partial charge in [0.25, 0.3) is 0 Å². The van der Waals surface area contributed by atoms with Crippen molar-refractivity contribution >= 4 is 10.1 Å².